The molecule has 0 saturated carbocycles. The molecule has 1 aromatic rings. The first-order valence-corrected chi connectivity index (χ1v) is 4.20. The van der Waals surface area contributed by atoms with E-state index < -0.39 is 11.7 Å². The number of alkyl halides is 3. The maximum absolute atomic E-state index is 12.3. The molecule has 84 valence electrons. The Balaban J connectivity index is 3.10. The summed E-state index contributed by atoms with van der Waals surface area (Å²) in [6.07, 6.45) is -3.64. The Labute approximate surface area is 84.5 Å². The van der Waals surface area contributed by atoms with Gasteiger partial charge in [0, 0.05) is 24.8 Å². The van der Waals surface area contributed by atoms with Gasteiger partial charge in [0.25, 0.3) is 0 Å². The molecule has 1 heterocycles. The monoisotopic (exact) mass is 221 g/mol. The minimum atomic E-state index is -4.43. The van der Waals surface area contributed by atoms with Gasteiger partial charge in [-0.2, -0.15) is 13.2 Å². The third kappa shape index (κ3) is 2.82. The Bertz CT molecular complexity index is 339. The van der Waals surface area contributed by atoms with Gasteiger partial charge in [-0.1, -0.05) is 0 Å². The van der Waals surface area contributed by atoms with E-state index in [2.05, 4.69) is 4.98 Å². The molecule has 0 atom stereocenters. The summed E-state index contributed by atoms with van der Waals surface area (Å²) in [5, 5.41) is 8.67. The van der Waals surface area contributed by atoms with Crippen molar-refractivity contribution in [1.29, 1.82) is 0 Å². The van der Waals surface area contributed by atoms with Crippen LogP contribution in [-0.4, -0.2) is 23.8 Å². The highest BCUT2D eigenvalue weighted by molar-refractivity contribution is 5.31. The number of methoxy groups -OCH3 is 1. The summed E-state index contributed by atoms with van der Waals surface area (Å²) in [4.78, 5) is 3.53. The Kier molecular flexibility index (Phi) is 3.52. The van der Waals surface area contributed by atoms with Crippen LogP contribution in [0.15, 0.2) is 12.3 Å². The lowest BCUT2D eigenvalue weighted by atomic mass is 10.1. The number of ether oxygens (including phenoxy) is 1. The van der Waals surface area contributed by atoms with Gasteiger partial charge in [0.2, 0.25) is 5.88 Å². The molecule has 6 heteroatoms. The van der Waals surface area contributed by atoms with E-state index in [0.29, 0.717) is 6.20 Å². The van der Waals surface area contributed by atoms with E-state index in [1.54, 1.807) is 0 Å². The fourth-order valence-corrected chi connectivity index (χ4v) is 1.14. The van der Waals surface area contributed by atoms with Crippen molar-refractivity contribution < 1.29 is 23.0 Å². The number of rotatable bonds is 3. The van der Waals surface area contributed by atoms with Gasteiger partial charge >= 0.3 is 6.18 Å². The Morgan fingerprint density at radius 2 is 2.13 bits per heavy atom. The number of nitrogens with zero attached hydrogens (tertiary/aromatic N) is 1. The second-order valence-electron chi connectivity index (χ2n) is 2.86. The molecule has 1 N–H and O–H groups in total. The standard InChI is InChI=1S/C9H10F3NO2/c1-15-8-6(2-3-14)4-7(5-13-8)9(10,11)12/h4-5,14H,2-3H2,1H3. The zero-order valence-electron chi connectivity index (χ0n) is 8.01. The van der Waals surface area contributed by atoms with Crippen LogP contribution in [0, 0.1) is 0 Å². The average molecular weight is 221 g/mol. The van der Waals surface area contributed by atoms with Gasteiger partial charge in [-0.05, 0) is 6.07 Å². The van der Waals surface area contributed by atoms with Crippen molar-refractivity contribution >= 4 is 0 Å². The lowest BCUT2D eigenvalue weighted by molar-refractivity contribution is -0.137. The summed E-state index contributed by atoms with van der Waals surface area (Å²) in [5.41, 5.74) is -0.596. The van der Waals surface area contributed by atoms with Crippen molar-refractivity contribution in [1.82, 2.24) is 4.98 Å². The summed E-state index contributed by atoms with van der Waals surface area (Å²) in [6, 6.07) is 0.933. The van der Waals surface area contributed by atoms with E-state index in [-0.39, 0.29) is 24.5 Å². The largest absolute Gasteiger partial charge is 0.481 e. The molecule has 0 spiro atoms. The average Bonchev–Trinajstić information content (AvgIpc) is 2.17. The summed E-state index contributed by atoms with van der Waals surface area (Å²) in [7, 11) is 1.32. The molecule has 0 fully saturated rings. The van der Waals surface area contributed by atoms with Crippen LogP contribution >= 0.6 is 0 Å². The molecule has 0 radical (unpaired) electrons. The molecule has 0 unspecified atom stereocenters. The summed E-state index contributed by atoms with van der Waals surface area (Å²) in [6.45, 7) is -0.251. The van der Waals surface area contributed by atoms with Crippen LogP contribution in [-0.2, 0) is 12.6 Å². The van der Waals surface area contributed by atoms with Gasteiger partial charge in [0.05, 0.1) is 12.7 Å². The van der Waals surface area contributed by atoms with Gasteiger partial charge in [0.1, 0.15) is 0 Å². The van der Waals surface area contributed by atoms with Crippen LogP contribution in [0.1, 0.15) is 11.1 Å². The SMILES string of the molecule is COc1ncc(C(F)(F)F)cc1CCO. The fraction of sp³-hybridized carbons (Fsp3) is 0.444. The van der Waals surface area contributed by atoms with E-state index in [1.165, 1.54) is 7.11 Å². The zero-order valence-corrected chi connectivity index (χ0v) is 8.01. The predicted molar refractivity (Wildman–Crippen MR) is 46.6 cm³/mol. The van der Waals surface area contributed by atoms with Crippen LogP contribution in [0.2, 0.25) is 0 Å². The predicted octanol–water partition coefficient (Wildman–Crippen LogP) is 1.64. The molecular formula is C9H10F3NO2. The number of halogens is 3. The van der Waals surface area contributed by atoms with Crippen LogP contribution in [0.4, 0.5) is 13.2 Å². The van der Waals surface area contributed by atoms with Crippen molar-refractivity contribution in [2.24, 2.45) is 0 Å². The molecule has 1 aromatic heterocycles. The topological polar surface area (TPSA) is 42.4 Å². The van der Waals surface area contributed by atoms with Crippen molar-refractivity contribution in [3.63, 3.8) is 0 Å². The maximum Gasteiger partial charge on any atom is 0.417 e. The van der Waals surface area contributed by atoms with E-state index in [1.807, 2.05) is 0 Å². The second-order valence-corrected chi connectivity index (χ2v) is 2.86. The molecule has 0 aliphatic heterocycles. The van der Waals surface area contributed by atoms with Gasteiger partial charge in [-0.15, -0.1) is 0 Å². The lowest BCUT2D eigenvalue weighted by Gasteiger charge is -2.10. The fourth-order valence-electron chi connectivity index (χ4n) is 1.14. The van der Waals surface area contributed by atoms with E-state index in [9.17, 15) is 13.2 Å². The minimum Gasteiger partial charge on any atom is -0.481 e. The smallest absolute Gasteiger partial charge is 0.417 e. The van der Waals surface area contributed by atoms with Crippen molar-refractivity contribution in [2.45, 2.75) is 12.6 Å². The third-order valence-electron chi connectivity index (χ3n) is 1.83. The third-order valence-corrected chi connectivity index (χ3v) is 1.83. The molecule has 0 aliphatic carbocycles. The highest BCUT2D eigenvalue weighted by atomic mass is 19.4. The van der Waals surface area contributed by atoms with Gasteiger partial charge in [0.15, 0.2) is 0 Å². The highest BCUT2D eigenvalue weighted by Gasteiger charge is 2.31. The molecule has 0 aliphatic rings. The lowest BCUT2D eigenvalue weighted by Crippen LogP contribution is -2.08. The molecule has 0 aromatic carbocycles. The van der Waals surface area contributed by atoms with E-state index in [4.69, 9.17) is 9.84 Å². The number of aliphatic hydroxyl groups is 1. The Morgan fingerprint density at radius 1 is 1.47 bits per heavy atom. The van der Waals surface area contributed by atoms with E-state index in [0.717, 1.165) is 6.07 Å². The minimum absolute atomic E-state index is 0.0834. The Morgan fingerprint density at radius 3 is 2.60 bits per heavy atom. The number of aliphatic hydroxyl groups excluding tert-OH is 1. The van der Waals surface area contributed by atoms with Crippen molar-refractivity contribution in [3.8, 4) is 5.88 Å². The molecule has 0 saturated heterocycles. The summed E-state index contributed by atoms with van der Waals surface area (Å²) < 4.78 is 41.7. The summed E-state index contributed by atoms with van der Waals surface area (Å²) in [5.74, 6) is 0.108. The number of aromatic nitrogens is 1. The molecular weight excluding hydrogens is 211 g/mol. The molecule has 0 amide bonds. The molecule has 3 nitrogen and oxygen atoms in total. The highest BCUT2D eigenvalue weighted by Crippen LogP contribution is 2.31. The van der Waals surface area contributed by atoms with Crippen LogP contribution in [0.3, 0.4) is 0 Å². The number of hydrogen-bond donors (Lipinski definition) is 1. The van der Waals surface area contributed by atoms with Gasteiger partial charge < -0.3 is 9.84 Å². The first-order valence-electron chi connectivity index (χ1n) is 4.20. The van der Waals surface area contributed by atoms with Crippen LogP contribution in [0.25, 0.3) is 0 Å². The van der Waals surface area contributed by atoms with Crippen LogP contribution < -0.4 is 4.74 Å². The summed E-state index contributed by atoms with van der Waals surface area (Å²) >= 11 is 0. The maximum atomic E-state index is 12.3. The first-order chi connectivity index (χ1) is 6.99. The zero-order chi connectivity index (χ0) is 11.5. The second kappa shape index (κ2) is 4.48. The number of hydrogen-bond acceptors (Lipinski definition) is 3. The normalized spacial score (nSPS) is 11.5. The molecule has 0 bridgehead atoms. The first kappa shape index (κ1) is 11.8. The van der Waals surface area contributed by atoms with Crippen LogP contribution in [0.5, 0.6) is 5.88 Å². The van der Waals surface area contributed by atoms with Crippen molar-refractivity contribution in [2.75, 3.05) is 13.7 Å². The van der Waals surface area contributed by atoms with Gasteiger partial charge in [-0.3, -0.25) is 0 Å². The number of pyridine rings is 1. The van der Waals surface area contributed by atoms with E-state index >= 15 is 0 Å². The van der Waals surface area contributed by atoms with Crippen molar-refractivity contribution in [3.05, 3.63) is 23.4 Å². The molecule has 1 rings (SSSR count). The Hall–Kier alpha value is -1.30. The van der Waals surface area contributed by atoms with Gasteiger partial charge in [-0.25, -0.2) is 4.98 Å². The quantitative estimate of drug-likeness (QED) is 0.843. The molecule has 15 heavy (non-hydrogen) atoms.